The molecular formula is C29H36. The first-order valence-electron chi connectivity index (χ1n) is 11.0. The van der Waals surface area contributed by atoms with E-state index in [2.05, 4.69) is 113 Å². The molecule has 0 spiro atoms. The van der Waals surface area contributed by atoms with E-state index in [9.17, 15) is 0 Å². The summed E-state index contributed by atoms with van der Waals surface area (Å²) in [5, 5.41) is 0. The maximum absolute atomic E-state index is 2.26. The molecule has 0 amide bonds. The maximum atomic E-state index is 2.26. The molecule has 0 aromatic heterocycles. The van der Waals surface area contributed by atoms with Gasteiger partial charge in [0.15, 0.2) is 0 Å². The Hall–Kier alpha value is -2.60. The molecule has 0 heterocycles. The summed E-state index contributed by atoms with van der Waals surface area (Å²) in [5.41, 5.74) is 9.49. The second-order valence-corrected chi connectivity index (χ2v) is 7.71. The topological polar surface area (TPSA) is 0 Å². The van der Waals surface area contributed by atoms with Gasteiger partial charge >= 0.3 is 0 Å². The average Bonchev–Trinajstić information content (AvgIpc) is 2.76. The van der Waals surface area contributed by atoms with Gasteiger partial charge in [-0.3, -0.25) is 0 Å². The van der Waals surface area contributed by atoms with Crippen LogP contribution in [0.5, 0.6) is 0 Å². The third-order valence-electron chi connectivity index (χ3n) is 5.24. The minimum atomic E-state index is 0.960. The predicted molar refractivity (Wildman–Crippen MR) is 130 cm³/mol. The number of hydrogen-bond donors (Lipinski definition) is 0. The lowest BCUT2D eigenvalue weighted by Gasteiger charge is -2.16. The highest BCUT2D eigenvalue weighted by atomic mass is 14.2. The molecule has 0 heteroatoms. The lowest BCUT2D eigenvalue weighted by molar-refractivity contribution is 0.886. The van der Waals surface area contributed by atoms with Crippen molar-refractivity contribution < 1.29 is 0 Å². The zero-order chi connectivity index (χ0) is 21.1. The molecule has 0 N–H and O–H groups in total. The molecule has 0 aliphatic rings. The normalized spacial score (nSPS) is 11.3. The van der Waals surface area contributed by atoms with Gasteiger partial charge in [0, 0.05) is 0 Å². The number of unbranched alkanes of at least 4 members (excludes halogenated alkanes) is 1. The lowest BCUT2D eigenvalue weighted by atomic mass is 9.88. The van der Waals surface area contributed by atoms with E-state index in [4.69, 9.17) is 0 Å². The van der Waals surface area contributed by atoms with Crippen molar-refractivity contribution in [3.8, 4) is 0 Å². The van der Waals surface area contributed by atoms with Crippen molar-refractivity contribution in [2.24, 2.45) is 0 Å². The molecule has 3 rings (SSSR count). The van der Waals surface area contributed by atoms with Crippen LogP contribution >= 0.6 is 0 Å². The first-order valence-corrected chi connectivity index (χ1v) is 11.0. The van der Waals surface area contributed by atoms with Crippen LogP contribution in [0.15, 0.2) is 78.9 Å². The summed E-state index contributed by atoms with van der Waals surface area (Å²) in [6.07, 6.45) is 4.63. The molecule has 0 atom stereocenters. The second kappa shape index (κ2) is 12.1. The molecule has 0 unspecified atom stereocenters. The van der Waals surface area contributed by atoms with Crippen LogP contribution < -0.4 is 0 Å². The van der Waals surface area contributed by atoms with Crippen LogP contribution in [0.2, 0.25) is 0 Å². The van der Waals surface area contributed by atoms with Gasteiger partial charge in [-0.15, -0.1) is 0 Å². The van der Waals surface area contributed by atoms with Gasteiger partial charge in [-0.1, -0.05) is 124 Å². The van der Waals surface area contributed by atoms with E-state index in [1.807, 2.05) is 0 Å². The van der Waals surface area contributed by atoms with Crippen molar-refractivity contribution in [3.63, 3.8) is 0 Å². The fourth-order valence-electron chi connectivity index (χ4n) is 3.28. The van der Waals surface area contributed by atoms with Crippen molar-refractivity contribution in [2.45, 2.75) is 60.3 Å². The van der Waals surface area contributed by atoms with Crippen LogP contribution in [-0.2, 0) is 6.42 Å². The monoisotopic (exact) mass is 384 g/mol. The average molecular weight is 385 g/mol. The van der Waals surface area contributed by atoms with Gasteiger partial charge in [0.25, 0.3) is 0 Å². The van der Waals surface area contributed by atoms with Crippen LogP contribution in [-0.4, -0.2) is 0 Å². The largest absolute Gasteiger partial charge is 0.0654 e. The Morgan fingerprint density at radius 2 is 1.03 bits per heavy atom. The van der Waals surface area contributed by atoms with Crippen LogP contribution in [0, 0.1) is 13.8 Å². The van der Waals surface area contributed by atoms with Gasteiger partial charge in [0.1, 0.15) is 0 Å². The molecule has 0 saturated heterocycles. The minimum Gasteiger partial charge on any atom is -0.0654 e. The van der Waals surface area contributed by atoms with E-state index < -0.39 is 0 Å². The third-order valence-corrected chi connectivity index (χ3v) is 5.24. The first kappa shape index (κ1) is 22.7. The molecule has 3 aromatic rings. The smallest absolute Gasteiger partial charge is 0.00169 e. The van der Waals surface area contributed by atoms with Gasteiger partial charge in [-0.2, -0.15) is 0 Å². The Kier molecular flexibility index (Phi) is 9.44. The Bertz CT molecular complexity index is 864. The van der Waals surface area contributed by atoms with Crippen LogP contribution in [0.1, 0.15) is 67.9 Å². The molecule has 152 valence electrons. The first-order chi connectivity index (χ1) is 14.1. The van der Waals surface area contributed by atoms with Gasteiger partial charge in [0.05, 0.1) is 0 Å². The molecule has 0 radical (unpaired) electrons. The number of rotatable bonds is 6. The number of hydrogen-bond acceptors (Lipinski definition) is 0. The molecular weight excluding hydrogens is 348 g/mol. The summed E-state index contributed by atoms with van der Waals surface area (Å²) in [7, 11) is 0. The summed E-state index contributed by atoms with van der Waals surface area (Å²) in [5.74, 6) is 0. The zero-order valence-corrected chi connectivity index (χ0v) is 18.8. The van der Waals surface area contributed by atoms with Crippen molar-refractivity contribution in [2.75, 3.05) is 0 Å². The molecule has 0 bridgehead atoms. The summed E-state index contributed by atoms with van der Waals surface area (Å²) >= 11 is 0. The molecule has 0 nitrogen and oxygen atoms in total. The van der Waals surface area contributed by atoms with E-state index in [0.29, 0.717) is 0 Å². The highest BCUT2D eigenvalue weighted by Crippen LogP contribution is 2.32. The standard InChI is InChI=1S/C25H26.C4H10/c1-4-24(22-8-6-5-7-9-22)25(23-16-12-20(3)13-17-23)18-21-14-10-19(2)11-15-21;1-3-4-2/h5-17H,4,18H2,1-3H3;3-4H2,1-2H3/b25-24-;. The van der Waals surface area contributed by atoms with Gasteiger partial charge in [-0.25, -0.2) is 0 Å². The Morgan fingerprint density at radius 1 is 0.552 bits per heavy atom. The summed E-state index contributed by atoms with van der Waals surface area (Å²) in [6, 6.07) is 28.6. The van der Waals surface area contributed by atoms with Crippen LogP contribution in [0.3, 0.4) is 0 Å². The van der Waals surface area contributed by atoms with Crippen molar-refractivity contribution in [3.05, 3.63) is 107 Å². The van der Waals surface area contributed by atoms with Gasteiger partial charge in [0.2, 0.25) is 0 Å². The Morgan fingerprint density at radius 3 is 1.52 bits per heavy atom. The van der Waals surface area contributed by atoms with Crippen molar-refractivity contribution in [1.82, 2.24) is 0 Å². The number of aryl methyl sites for hydroxylation is 2. The molecule has 0 fully saturated rings. The molecule has 29 heavy (non-hydrogen) atoms. The number of benzene rings is 3. The van der Waals surface area contributed by atoms with E-state index in [1.54, 1.807) is 0 Å². The van der Waals surface area contributed by atoms with Gasteiger partial charge < -0.3 is 0 Å². The van der Waals surface area contributed by atoms with Crippen molar-refractivity contribution in [1.29, 1.82) is 0 Å². The van der Waals surface area contributed by atoms with Gasteiger partial charge in [-0.05, 0) is 54.5 Å². The Labute approximate surface area is 178 Å². The summed E-state index contributed by atoms with van der Waals surface area (Å²) < 4.78 is 0. The number of allylic oxidation sites excluding steroid dienone is 2. The zero-order valence-electron chi connectivity index (χ0n) is 18.8. The quantitative estimate of drug-likeness (QED) is 0.373. The van der Waals surface area contributed by atoms with E-state index in [-0.39, 0.29) is 0 Å². The van der Waals surface area contributed by atoms with E-state index in [1.165, 1.54) is 51.8 Å². The molecule has 0 aliphatic heterocycles. The van der Waals surface area contributed by atoms with Crippen LogP contribution in [0.25, 0.3) is 11.1 Å². The van der Waals surface area contributed by atoms with E-state index >= 15 is 0 Å². The van der Waals surface area contributed by atoms with Crippen LogP contribution in [0.4, 0.5) is 0 Å². The second-order valence-electron chi connectivity index (χ2n) is 7.71. The van der Waals surface area contributed by atoms with E-state index in [0.717, 1.165) is 12.8 Å². The summed E-state index contributed by atoms with van der Waals surface area (Å²) in [4.78, 5) is 0. The summed E-state index contributed by atoms with van der Waals surface area (Å²) in [6.45, 7) is 10.9. The molecule has 3 aromatic carbocycles. The fourth-order valence-corrected chi connectivity index (χ4v) is 3.28. The highest BCUT2D eigenvalue weighted by Gasteiger charge is 2.11. The fraction of sp³-hybridized carbons (Fsp3) is 0.310. The maximum Gasteiger partial charge on any atom is -0.00169 e. The highest BCUT2D eigenvalue weighted by molar-refractivity contribution is 5.91. The Balaban J connectivity index is 0.000000687. The van der Waals surface area contributed by atoms with Crippen molar-refractivity contribution >= 4 is 11.1 Å². The molecule has 0 aliphatic carbocycles. The SMILES string of the molecule is CC/C(=C(\Cc1ccc(C)cc1)c1ccc(C)cc1)c1ccccc1.CCCC. The minimum absolute atomic E-state index is 0.960. The predicted octanol–water partition coefficient (Wildman–Crippen LogP) is 8.67. The lowest BCUT2D eigenvalue weighted by Crippen LogP contribution is -1.97. The molecule has 0 saturated carbocycles. The third kappa shape index (κ3) is 7.06.